The molecule has 0 spiro atoms. The van der Waals surface area contributed by atoms with Gasteiger partial charge in [-0.2, -0.15) is 0 Å². The van der Waals surface area contributed by atoms with Gasteiger partial charge < -0.3 is 10.6 Å². The smallest absolute Gasteiger partial charge is 0.325 e. The van der Waals surface area contributed by atoms with Crippen molar-refractivity contribution in [3.05, 3.63) is 35.4 Å². The fraction of sp³-hybridized carbons (Fsp3) is 0.591. The largest absolute Gasteiger partial charge is 0.352 e. The Kier molecular flexibility index (Phi) is 6.90. The van der Waals surface area contributed by atoms with Gasteiger partial charge in [0, 0.05) is 26.1 Å². The summed E-state index contributed by atoms with van der Waals surface area (Å²) in [5, 5.41) is 5.55. The van der Waals surface area contributed by atoms with Crippen LogP contribution in [0.3, 0.4) is 0 Å². The van der Waals surface area contributed by atoms with Crippen molar-refractivity contribution in [2.45, 2.75) is 64.6 Å². The molecule has 7 heteroatoms. The molecule has 2 aliphatic heterocycles. The first-order chi connectivity index (χ1) is 13.8. The number of hydrogen-bond acceptors (Lipinski definition) is 4. The summed E-state index contributed by atoms with van der Waals surface area (Å²) in [5.74, 6) is -0.318. The van der Waals surface area contributed by atoms with Crippen LogP contribution in [0.15, 0.2) is 24.3 Å². The van der Waals surface area contributed by atoms with Crippen LogP contribution in [-0.4, -0.2) is 52.8 Å². The van der Waals surface area contributed by atoms with Gasteiger partial charge in [0.1, 0.15) is 5.54 Å². The summed E-state index contributed by atoms with van der Waals surface area (Å²) >= 11 is 0. The Morgan fingerprint density at radius 2 is 1.72 bits per heavy atom. The summed E-state index contributed by atoms with van der Waals surface area (Å²) in [7, 11) is 0. The standard InChI is InChI=1S/C22H32N4O3/c1-22(2)20(28)26(21(29)24-22)14-6-7-19(27)23-15-17-8-10-18(11-9-17)16-25-12-4-3-5-13-25/h8-11H,3-7,12-16H2,1-2H3,(H,23,27)(H,24,29). The molecule has 2 saturated heterocycles. The second-order valence-electron chi connectivity index (χ2n) is 8.55. The molecule has 4 amide bonds. The van der Waals surface area contributed by atoms with Gasteiger partial charge >= 0.3 is 6.03 Å². The molecule has 0 bridgehead atoms. The maximum Gasteiger partial charge on any atom is 0.325 e. The number of imide groups is 1. The zero-order valence-corrected chi connectivity index (χ0v) is 17.5. The van der Waals surface area contributed by atoms with Crippen LogP contribution in [0.4, 0.5) is 4.79 Å². The molecule has 2 aliphatic rings. The molecule has 0 aromatic heterocycles. The average molecular weight is 401 g/mol. The Balaban J connectivity index is 1.36. The monoisotopic (exact) mass is 400 g/mol. The zero-order valence-electron chi connectivity index (χ0n) is 17.5. The van der Waals surface area contributed by atoms with Gasteiger partial charge in [0.15, 0.2) is 0 Å². The second-order valence-corrected chi connectivity index (χ2v) is 8.55. The van der Waals surface area contributed by atoms with E-state index in [-0.39, 0.29) is 30.8 Å². The van der Waals surface area contributed by atoms with Crippen LogP contribution >= 0.6 is 0 Å². The number of rotatable bonds is 8. The summed E-state index contributed by atoms with van der Waals surface area (Å²) in [4.78, 5) is 39.7. The Morgan fingerprint density at radius 1 is 1.07 bits per heavy atom. The van der Waals surface area contributed by atoms with Gasteiger partial charge in [-0.15, -0.1) is 0 Å². The Hall–Kier alpha value is -2.41. The maximum absolute atomic E-state index is 12.1. The molecule has 2 fully saturated rings. The van der Waals surface area contributed by atoms with Gasteiger partial charge in [0.2, 0.25) is 5.91 Å². The van der Waals surface area contributed by atoms with Crippen molar-refractivity contribution in [2.75, 3.05) is 19.6 Å². The zero-order chi connectivity index (χ0) is 20.9. The fourth-order valence-electron chi connectivity index (χ4n) is 3.85. The Bertz CT molecular complexity index is 739. The number of urea groups is 1. The van der Waals surface area contributed by atoms with E-state index >= 15 is 0 Å². The minimum atomic E-state index is -0.862. The second kappa shape index (κ2) is 9.39. The van der Waals surface area contributed by atoms with Crippen LogP contribution in [0.25, 0.3) is 0 Å². The van der Waals surface area contributed by atoms with E-state index in [1.807, 2.05) is 0 Å². The molecule has 0 aliphatic carbocycles. The van der Waals surface area contributed by atoms with E-state index in [0.29, 0.717) is 13.0 Å². The highest BCUT2D eigenvalue weighted by Crippen LogP contribution is 2.17. The van der Waals surface area contributed by atoms with Gasteiger partial charge in [0.25, 0.3) is 5.91 Å². The van der Waals surface area contributed by atoms with E-state index in [4.69, 9.17) is 0 Å². The first-order valence-electron chi connectivity index (χ1n) is 10.6. The molecular weight excluding hydrogens is 368 g/mol. The third-order valence-corrected chi connectivity index (χ3v) is 5.60. The van der Waals surface area contributed by atoms with E-state index in [0.717, 1.165) is 12.1 Å². The van der Waals surface area contributed by atoms with Crippen molar-refractivity contribution >= 4 is 17.8 Å². The Morgan fingerprint density at radius 3 is 2.34 bits per heavy atom. The van der Waals surface area contributed by atoms with Crippen LogP contribution in [0.2, 0.25) is 0 Å². The van der Waals surface area contributed by atoms with Crippen molar-refractivity contribution in [3.63, 3.8) is 0 Å². The van der Waals surface area contributed by atoms with Gasteiger partial charge in [-0.3, -0.25) is 19.4 Å². The molecule has 0 saturated carbocycles. The lowest BCUT2D eigenvalue weighted by Crippen LogP contribution is -2.40. The lowest BCUT2D eigenvalue weighted by atomic mass is 10.1. The highest BCUT2D eigenvalue weighted by Gasteiger charge is 2.43. The fourth-order valence-corrected chi connectivity index (χ4v) is 3.85. The van der Waals surface area contributed by atoms with Crippen LogP contribution in [0, 0.1) is 0 Å². The quantitative estimate of drug-likeness (QED) is 0.657. The van der Waals surface area contributed by atoms with E-state index in [2.05, 4.69) is 39.8 Å². The normalized spacial score (nSPS) is 19.3. The average Bonchev–Trinajstić information content (AvgIpc) is 2.89. The third-order valence-electron chi connectivity index (χ3n) is 5.60. The molecule has 1 aromatic rings. The molecule has 0 unspecified atom stereocenters. The van der Waals surface area contributed by atoms with Crippen molar-refractivity contribution in [1.29, 1.82) is 0 Å². The van der Waals surface area contributed by atoms with E-state index in [9.17, 15) is 14.4 Å². The van der Waals surface area contributed by atoms with Gasteiger partial charge in [-0.1, -0.05) is 30.7 Å². The van der Waals surface area contributed by atoms with Crippen molar-refractivity contribution in [1.82, 2.24) is 20.4 Å². The molecular formula is C22H32N4O3. The summed E-state index contributed by atoms with van der Waals surface area (Å²) < 4.78 is 0. The molecule has 29 heavy (non-hydrogen) atoms. The number of benzene rings is 1. The number of nitrogens with zero attached hydrogens (tertiary/aromatic N) is 2. The summed E-state index contributed by atoms with van der Waals surface area (Å²) in [6, 6.07) is 8.01. The van der Waals surface area contributed by atoms with Gasteiger partial charge in [-0.05, 0) is 57.3 Å². The van der Waals surface area contributed by atoms with Crippen molar-refractivity contribution < 1.29 is 14.4 Å². The van der Waals surface area contributed by atoms with Gasteiger partial charge in [0.05, 0.1) is 0 Å². The number of piperidine rings is 1. The predicted octanol–water partition coefficient (Wildman–Crippen LogP) is 2.40. The first kappa shape index (κ1) is 21.3. The minimum absolute atomic E-state index is 0.0753. The Labute approximate surface area is 172 Å². The van der Waals surface area contributed by atoms with Gasteiger partial charge in [-0.25, -0.2) is 4.79 Å². The van der Waals surface area contributed by atoms with Crippen LogP contribution < -0.4 is 10.6 Å². The lowest BCUT2D eigenvalue weighted by Gasteiger charge is -2.26. The molecule has 2 heterocycles. The maximum atomic E-state index is 12.1. The first-order valence-corrected chi connectivity index (χ1v) is 10.6. The molecule has 3 rings (SSSR count). The molecule has 0 radical (unpaired) electrons. The van der Waals surface area contributed by atoms with Crippen LogP contribution in [0.5, 0.6) is 0 Å². The summed E-state index contributed by atoms with van der Waals surface area (Å²) in [6.45, 7) is 7.45. The third kappa shape index (κ3) is 5.79. The number of hydrogen-bond donors (Lipinski definition) is 2. The van der Waals surface area contributed by atoms with Crippen LogP contribution in [0.1, 0.15) is 57.1 Å². The lowest BCUT2D eigenvalue weighted by molar-refractivity contribution is -0.130. The molecule has 0 atom stereocenters. The molecule has 1 aromatic carbocycles. The highest BCUT2D eigenvalue weighted by molar-refractivity contribution is 6.06. The number of nitrogens with one attached hydrogen (secondary N) is 2. The van der Waals surface area contributed by atoms with Crippen molar-refractivity contribution in [2.24, 2.45) is 0 Å². The highest BCUT2D eigenvalue weighted by atomic mass is 16.2. The number of carbonyl (C=O) groups is 3. The summed E-state index contributed by atoms with van der Waals surface area (Å²) in [5.41, 5.74) is 1.51. The molecule has 158 valence electrons. The van der Waals surface area contributed by atoms with Crippen LogP contribution in [-0.2, 0) is 22.7 Å². The topological polar surface area (TPSA) is 81.8 Å². The van der Waals surface area contributed by atoms with E-state index in [1.54, 1.807) is 13.8 Å². The number of amides is 4. The summed E-state index contributed by atoms with van der Waals surface area (Å²) in [6.07, 6.45) is 4.66. The predicted molar refractivity (Wildman–Crippen MR) is 111 cm³/mol. The SMILES string of the molecule is CC1(C)NC(=O)N(CCCC(=O)NCc2ccc(CN3CCCCC3)cc2)C1=O. The minimum Gasteiger partial charge on any atom is -0.352 e. The molecule has 2 N–H and O–H groups in total. The van der Waals surface area contributed by atoms with E-state index < -0.39 is 5.54 Å². The molecule has 7 nitrogen and oxygen atoms in total. The van der Waals surface area contributed by atoms with Crippen molar-refractivity contribution in [3.8, 4) is 0 Å². The number of carbonyl (C=O) groups excluding carboxylic acids is 3. The number of likely N-dealkylation sites (tertiary alicyclic amines) is 1. The van der Waals surface area contributed by atoms with E-state index in [1.165, 1.54) is 42.8 Å².